The van der Waals surface area contributed by atoms with Gasteiger partial charge in [0.05, 0.1) is 0 Å². The Morgan fingerprint density at radius 3 is 2.00 bits per heavy atom. The van der Waals surface area contributed by atoms with Gasteiger partial charge in [-0.15, -0.1) is 0 Å². The second kappa shape index (κ2) is 12.7. The maximum atomic E-state index is 12.1. The van der Waals surface area contributed by atoms with Gasteiger partial charge >= 0.3 is 5.97 Å². The zero-order valence-corrected chi connectivity index (χ0v) is 16.9. The summed E-state index contributed by atoms with van der Waals surface area (Å²) < 4.78 is 5.57. The predicted molar refractivity (Wildman–Crippen MR) is 101 cm³/mol. The van der Waals surface area contributed by atoms with Crippen molar-refractivity contribution in [3.05, 3.63) is 0 Å². The molecule has 0 aliphatic rings. The van der Waals surface area contributed by atoms with Crippen LogP contribution < -0.4 is 0 Å². The Kier molecular flexibility index (Phi) is 12.4. The van der Waals surface area contributed by atoms with E-state index in [1.165, 1.54) is 38.5 Å². The third-order valence-electron chi connectivity index (χ3n) is 4.30. The lowest BCUT2D eigenvalue weighted by atomic mass is 9.92. The number of nitrogens with zero attached hydrogens (tertiary/aromatic N) is 1. The number of ether oxygens (including phenoxy) is 1. The molecule has 24 heavy (non-hydrogen) atoms. The second-order valence-corrected chi connectivity index (χ2v) is 7.99. The van der Waals surface area contributed by atoms with Crippen molar-refractivity contribution >= 4 is 5.97 Å². The fraction of sp³-hybridized carbons (Fsp3) is 0.950. The van der Waals surface area contributed by atoms with Crippen molar-refractivity contribution in [2.45, 2.75) is 104 Å². The SMILES string of the molecule is CCCCCCCCCCC(=O)OC(N(C)C)C(C)(O)CC(C)C. The van der Waals surface area contributed by atoms with Gasteiger partial charge < -0.3 is 9.84 Å². The highest BCUT2D eigenvalue weighted by atomic mass is 16.6. The molecule has 0 fully saturated rings. The number of likely N-dealkylation sites (N-methyl/N-ethyl adjacent to an activating group) is 1. The number of aliphatic hydroxyl groups is 1. The fourth-order valence-electron chi connectivity index (χ4n) is 3.30. The van der Waals surface area contributed by atoms with Gasteiger partial charge in [0, 0.05) is 6.42 Å². The third kappa shape index (κ3) is 11.0. The molecule has 2 unspecified atom stereocenters. The molecule has 0 rings (SSSR count). The first kappa shape index (κ1) is 23.4. The lowest BCUT2D eigenvalue weighted by Crippen LogP contribution is -2.51. The zero-order valence-electron chi connectivity index (χ0n) is 16.9. The van der Waals surface area contributed by atoms with Gasteiger partial charge in [-0.1, -0.05) is 65.7 Å². The highest BCUT2D eigenvalue weighted by Gasteiger charge is 2.37. The van der Waals surface area contributed by atoms with Crippen molar-refractivity contribution in [3.63, 3.8) is 0 Å². The lowest BCUT2D eigenvalue weighted by molar-refractivity contribution is -0.187. The van der Waals surface area contributed by atoms with Crippen LogP contribution in [0.4, 0.5) is 0 Å². The van der Waals surface area contributed by atoms with Crippen molar-refractivity contribution in [1.29, 1.82) is 0 Å². The van der Waals surface area contributed by atoms with Crippen LogP contribution in [0.2, 0.25) is 0 Å². The standard InChI is InChI=1S/C20H41NO3/c1-7-8-9-10-11-12-13-14-15-18(22)24-19(21(5)6)20(4,23)16-17(2)3/h17,19,23H,7-16H2,1-6H3. The summed E-state index contributed by atoms with van der Waals surface area (Å²) in [5.41, 5.74) is -1.04. The predicted octanol–water partition coefficient (Wildman–Crippen LogP) is 4.75. The average molecular weight is 344 g/mol. The van der Waals surface area contributed by atoms with E-state index in [0.717, 1.165) is 12.8 Å². The van der Waals surface area contributed by atoms with Crippen LogP contribution in [0.15, 0.2) is 0 Å². The van der Waals surface area contributed by atoms with Gasteiger partial charge in [-0.05, 0) is 39.8 Å². The monoisotopic (exact) mass is 343 g/mol. The van der Waals surface area contributed by atoms with Crippen LogP contribution in [0.3, 0.4) is 0 Å². The first-order valence-electron chi connectivity index (χ1n) is 9.79. The number of esters is 1. The van der Waals surface area contributed by atoms with E-state index >= 15 is 0 Å². The Morgan fingerprint density at radius 2 is 1.54 bits per heavy atom. The molecule has 0 aromatic rings. The van der Waals surface area contributed by atoms with Crippen LogP contribution in [0.25, 0.3) is 0 Å². The Hall–Kier alpha value is -0.610. The summed E-state index contributed by atoms with van der Waals surface area (Å²) in [7, 11) is 3.67. The number of hydrogen-bond acceptors (Lipinski definition) is 4. The maximum Gasteiger partial charge on any atom is 0.307 e. The highest BCUT2D eigenvalue weighted by molar-refractivity contribution is 5.69. The lowest BCUT2D eigenvalue weighted by Gasteiger charge is -2.37. The van der Waals surface area contributed by atoms with Gasteiger partial charge in [0.2, 0.25) is 0 Å². The molecular formula is C20H41NO3. The molecule has 0 aliphatic heterocycles. The van der Waals surface area contributed by atoms with Gasteiger partial charge in [0.25, 0.3) is 0 Å². The quantitative estimate of drug-likeness (QED) is 0.281. The molecule has 1 N–H and O–H groups in total. The molecule has 0 spiro atoms. The zero-order chi connectivity index (χ0) is 18.6. The van der Waals surface area contributed by atoms with Crippen molar-refractivity contribution in [3.8, 4) is 0 Å². The molecule has 0 amide bonds. The van der Waals surface area contributed by atoms with Crippen LogP contribution >= 0.6 is 0 Å². The first-order chi connectivity index (χ1) is 11.2. The Bertz CT molecular complexity index is 327. The fourth-order valence-corrected chi connectivity index (χ4v) is 3.30. The molecule has 144 valence electrons. The van der Waals surface area contributed by atoms with E-state index in [-0.39, 0.29) is 5.97 Å². The Labute approximate surface area is 150 Å². The molecule has 0 radical (unpaired) electrons. The number of rotatable bonds is 14. The number of carbonyl (C=O) groups is 1. The van der Waals surface area contributed by atoms with Crippen molar-refractivity contribution in [1.82, 2.24) is 4.90 Å². The summed E-state index contributed by atoms with van der Waals surface area (Å²) >= 11 is 0. The molecule has 0 aromatic carbocycles. The Morgan fingerprint density at radius 1 is 1.04 bits per heavy atom. The number of hydrogen-bond donors (Lipinski definition) is 1. The molecule has 0 saturated carbocycles. The van der Waals surface area contributed by atoms with E-state index in [2.05, 4.69) is 20.8 Å². The third-order valence-corrected chi connectivity index (χ3v) is 4.30. The average Bonchev–Trinajstić information content (AvgIpc) is 2.45. The van der Waals surface area contributed by atoms with E-state index in [0.29, 0.717) is 18.8 Å². The Balaban J connectivity index is 4.08. The highest BCUT2D eigenvalue weighted by Crippen LogP contribution is 2.24. The summed E-state index contributed by atoms with van der Waals surface area (Å²) in [6.45, 7) is 8.10. The largest absolute Gasteiger partial charge is 0.443 e. The molecule has 0 saturated heterocycles. The number of unbranched alkanes of at least 4 members (excludes halogenated alkanes) is 7. The second-order valence-electron chi connectivity index (χ2n) is 7.99. The van der Waals surface area contributed by atoms with E-state index in [1.54, 1.807) is 11.8 Å². The van der Waals surface area contributed by atoms with Crippen molar-refractivity contribution in [2.24, 2.45) is 5.92 Å². The topological polar surface area (TPSA) is 49.8 Å². The molecular weight excluding hydrogens is 302 g/mol. The smallest absolute Gasteiger partial charge is 0.307 e. The van der Waals surface area contributed by atoms with Crippen LogP contribution in [0, 0.1) is 5.92 Å². The van der Waals surface area contributed by atoms with Gasteiger partial charge in [-0.25, -0.2) is 0 Å². The van der Waals surface area contributed by atoms with Crippen molar-refractivity contribution < 1.29 is 14.6 Å². The van der Waals surface area contributed by atoms with E-state index in [4.69, 9.17) is 4.74 Å². The molecule has 0 aliphatic carbocycles. The van der Waals surface area contributed by atoms with Crippen molar-refractivity contribution in [2.75, 3.05) is 14.1 Å². The van der Waals surface area contributed by atoms with Gasteiger partial charge in [0.1, 0.15) is 5.60 Å². The van der Waals surface area contributed by atoms with Crippen LogP contribution in [-0.2, 0) is 9.53 Å². The summed E-state index contributed by atoms with van der Waals surface area (Å²) in [6.07, 6.45) is 10.1. The summed E-state index contributed by atoms with van der Waals surface area (Å²) in [5, 5.41) is 10.7. The van der Waals surface area contributed by atoms with Crippen LogP contribution in [0.1, 0.15) is 91.9 Å². The van der Waals surface area contributed by atoms with Gasteiger partial charge in [-0.2, -0.15) is 0 Å². The van der Waals surface area contributed by atoms with Gasteiger partial charge in [-0.3, -0.25) is 9.69 Å². The first-order valence-corrected chi connectivity index (χ1v) is 9.79. The number of carbonyl (C=O) groups excluding carboxylic acids is 1. The molecule has 4 nitrogen and oxygen atoms in total. The van der Waals surface area contributed by atoms with Crippen LogP contribution in [0.5, 0.6) is 0 Å². The minimum absolute atomic E-state index is 0.205. The minimum atomic E-state index is -1.04. The molecule has 0 aromatic heterocycles. The molecule has 2 atom stereocenters. The summed E-state index contributed by atoms with van der Waals surface area (Å²) in [5.74, 6) is 0.137. The summed E-state index contributed by atoms with van der Waals surface area (Å²) in [4.78, 5) is 13.9. The minimum Gasteiger partial charge on any atom is -0.443 e. The van der Waals surface area contributed by atoms with E-state index in [1.807, 2.05) is 14.1 Å². The molecule has 0 bridgehead atoms. The summed E-state index contributed by atoms with van der Waals surface area (Å²) in [6, 6.07) is 0. The van der Waals surface area contributed by atoms with E-state index in [9.17, 15) is 9.90 Å². The van der Waals surface area contributed by atoms with E-state index < -0.39 is 11.8 Å². The maximum absolute atomic E-state index is 12.1. The molecule has 4 heteroatoms. The van der Waals surface area contributed by atoms with Crippen LogP contribution in [-0.4, -0.2) is 41.9 Å². The van der Waals surface area contributed by atoms with Gasteiger partial charge in [0.15, 0.2) is 6.23 Å². The molecule has 0 heterocycles. The normalized spacial score (nSPS) is 15.5.